The monoisotopic (exact) mass is 430 g/mol. The summed E-state index contributed by atoms with van der Waals surface area (Å²) in [6.07, 6.45) is 6.20. The lowest BCUT2D eigenvalue weighted by molar-refractivity contribution is -0.118. The molecule has 2 aromatic rings. The first-order chi connectivity index (χ1) is 14.6. The number of ether oxygens (including phenoxy) is 2. The molecular formula is C22H26N2O5S. The molecule has 4 rings (SSSR count). The minimum absolute atomic E-state index is 0.0273. The first-order valence-electron chi connectivity index (χ1n) is 10.5. The molecule has 1 saturated heterocycles. The highest BCUT2D eigenvalue weighted by atomic mass is 32.2. The van der Waals surface area contributed by atoms with Gasteiger partial charge in [-0.05, 0) is 43.9 Å². The molecule has 1 saturated carbocycles. The predicted molar refractivity (Wildman–Crippen MR) is 114 cm³/mol. The Morgan fingerprint density at radius 2 is 2.10 bits per heavy atom. The highest BCUT2D eigenvalue weighted by Gasteiger charge is 2.26. The zero-order valence-corrected chi connectivity index (χ0v) is 17.9. The summed E-state index contributed by atoms with van der Waals surface area (Å²) in [5, 5.41) is 0.763. The van der Waals surface area contributed by atoms with E-state index in [9.17, 15) is 14.4 Å². The second kappa shape index (κ2) is 9.31. The van der Waals surface area contributed by atoms with Crippen molar-refractivity contribution in [3.63, 3.8) is 0 Å². The summed E-state index contributed by atoms with van der Waals surface area (Å²) in [4.78, 5) is 42.6. The zero-order valence-electron chi connectivity index (χ0n) is 17.1. The van der Waals surface area contributed by atoms with E-state index in [0.29, 0.717) is 41.2 Å². The molecule has 0 bridgehead atoms. The van der Waals surface area contributed by atoms with E-state index < -0.39 is 5.97 Å². The number of fused-ring (bicyclic) bond motifs is 1. The molecule has 0 radical (unpaired) electrons. The van der Waals surface area contributed by atoms with Crippen LogP contribution in [-0.2, 0) is 20.8 Å². The van der Waals surface area contributed by atoms with E-state index in [0.717, 1.165) is 38.5 Å². The van der Waals surface area contributed by atoms with Crippen molar-refractivity contribution >= 4 is 34.4 Å². The molecule has 2 fully saturated rings. The Balaban J connectivity index is 1.77. The van der Waals surface area contributed by atoms with Gasteiger partial charge in [0.05, 0.1) is 41.5 Å². The SMILES string of the molecule is COC(=O)c1ccc2c(=O)n(C[C@@H]3CCCO3)c(S[C@@H]3CCCCCC3=O)nc2c1. The lowest BCUT2D eigenvalue weighted by Gasteiger charge is -2.19. The van der Waals surface area contributed by atoms with Crippen LogP contribution in [0.4, 0.5) is 0 Å². The number of ketones is 1. The average molecular weight is 431 g/mol. The molecule has 1 aliphatic heterocycles. The summed E-state index contributed by atoms with van der Waals surface area (Å²) in [5.41, 5.74) is 0.612. The first kappa shape index (κ1) is 21.1. The molecule has 30 heavy (non-hydrogen) atoms. The minimum atomic E-state index is -0.476. The second-order valence-corrected chi connectivity index (χ2v) is 9.01. The second-order valence-electron chi connectivity index (χ2n) is 7.84. The van der Waals surface area contributed by atoms with Crippen LogP contribution in [0.2, 0.25) is 0 Å². The fourth-order valence-electron chi connectivity index (χ4n) is 4.07. The van der Waals surface area contributed by atoms with Gasteiger partial charge in [-0.2, -0.15) is 0 Å². The number of esters is 1. The highest BCUT2D eigenvalue weighted by molar-refractivity contribution is 8.00. The van der Waals surface area contributed by atoms with Gasteiger partial charge in [-0.3, -0.25) is 14.2 Å². The van der Waals surface area contributed by atoms with Crippen LogP contribution in [0.1, 0.15) is 55.3 Å². The van der Waals surface area contributed by atoms with Crippen LogP contribution in [0.3, 0.4) is 0 Å². The van der Waals surface area contributed by atoms with Crippen molar-refractivity contribution in [2.45, 2.75) is 68.0 Å². The first-order valence-corrected chi connectivity index (χ1v) is 11.4. The van der Waals surface area contributed by atoms with Crippen molar-refractivity contribution in [2.24, 2.45) is 0 Å². The van der Waals surface area contributed by atoms with Crippen molar-refractivity contribution < 1.29 is 19.1 Å². The molecule has 7 nitrogen and oxygen atoms in total. The Morgan fingerprint density at radius 3 is 2.87 bits per heavy atom. The molecule has 1 aliphatic carbocycles. The normalized spacial score (nSPS) is 22.2. The van der Waals surface area contributed by atoms with Crippen LogP contribution in [0.15, 0.2) is 28.2 Å². The van der Waals surface area contributed by atoms with Gasteiger partial charge >= 0.3 is 5.97 Å². The van der Waals surface area contributed by atoms with E-state index in [1.54, 1.807) is 22.8 Å². The standard InChI is InChI=1S/C22H26N2O5S/c1-28-21(27)14-9-10-16-17(12-14)23-22(30-19-8-4-2-3-7-18(19)25)24(20(16)26)13-15-6-5-11-29-15/h9-10,12,15,19H,2-8,11,13H2,1H3/t15-,19+/m0/s1. The third kappa shape index (κ3) is 4.44. The number of Topliss-reactive ketones (excluding diaryl/α,β-unsaturated/α-hetero) is 1. The van der Waals surface area contributed by atoms with Crippen molar-refractivity contribution in [2.75, 3.05) is 13.7 Å². The van der Waals surface area contributed by atoms with Gasteiger partial charge in [0, 0.05) is 13.0 Å². The van der Waals surface area contributed by atoms with Gasteiger partial charge in [0.25, 0.3) is 5.56 Å². The molecule has 0 amide bonds. The number of hydrogen-bond acceptors (Lipinski definition) is 7. The Bertz CT molecular complexity index is 1010. The Hall–Kier alpha value is -2.19. The van der Waals surface area contributed by atoms with E-state index in [1.807, 2.05) is 0 Å². The lowest BCUT2D eigenvalue weighted by atomic mass is 10.1. The van der Waals surface area contributed by atoms with Gasteiger partial charge in [-0.1, -0.05) is 24.6 Å². The summed E-state index contributed by atoms with van der Waals surface area (Å²) >= 11 is 1.38. The highest BCUT2D eigenvalue weighted by Crippen LogP contribution is 2.31. The summed E-state index contributed by atoms with van der Waals surface area (Å²) < 4.78 is 12.2. The summed E-state index contributed by atoms with van der Waals surface area (Å²) in [6.45, 7) is 1.12. The number of methoxy groups -OCH3 is 1. The Morgan fingerprint density at radius 1 is 1.23 bits per heavy atom. The molecule has 2 atom stereocenters. The number of thioether (sulfide) groups is 1. The van der Waals surface area contributed by atoms with E-state index in [-0.39, 0.29) is 22.7 Å². The van der Waals surface area contributed by atoms with Crippen molar-refractivity contribution in [1.82, 2.24) is 9.55 Å². The largest absolute Gasteiger partial charge is 0.465 e. The third-order valence-corrected chi connectivity index (χ3v) is 7.05. The molecule has 8 heteroatoms. The Labute approximate surface area is 179 Å². The van der Waals surface area contributed by atoms with Crippen molar-refractivity contribution in [1.29, 1.82) is 0 Å². The maximum Gasteiger partial charge on any atom is 0.337 e. The van der Waals surface area contributed by atoms with Gasteiger partial charge in [0.1, 0.15) is 5.78 Å². The van der Waals surface area contributed by atoms with Gasteiger partial charge in [-0.25, -0.2) is 9.78 Å². The quantitative estimate of drug-likeness (QED) is 0.408. The number of aromatic nitrogens is 2. The summed E-state index contributed by atoms with van der Waals surface area (Å²) in [7, 11) is 1.32. The zero-order chi connectivity index (χ0) is 21.1. The van der Waals surface area contributed by atoms with Crippen LogP contribution < -0.4 is 5.56 Å². The van der Waals surface area contributed by atoms with Crippen LogP contribution in [0, 0.1) is 0 Å². The molecule has 160 valence electrons. The van der Waals surface area contributed by atoms with Crippen molar-refractivity contribution in [3.05, 3.63) is 34.1 Å². The van der Waals surface area contributed by atoms with E-state index in [2.05, 4.69) is 0 Å². The number of nitrogens with zero attached hydrogens (tertiary/aromatic N) is 2. The molecule has 2 aliphatic rings. The summed E-state index contributed by atoms with van der Waals surface area (Å²) in [6, 6.07) is 4.78. The van der Waals surface area contributed by atoms with Crippen LogP contribution >= 0.6 is 11.8 Å². The topological polar surface area (TPSA) is 87.5 Å². The van der Waals surface area contributed by atoms with Crippen LogP contribution in [0.5, 0.6) is 0 Å². The van der Waals surface area contributed by atoms with E-state index >= 15 is 0 Å². The van der Waals surface area contributed by atoms with E-state index in [4.69, 9.17) is 14.5 Å². The van der Waals surface area contributed by atoms with E-state index in [1.165, 1.54) is 18.9 Å². The number of rotatable bonds is 5. The van der Waals surface area contributed by atoms with Crippen LogP contribution in [0.25, 0.3) is 10.9 Å². The molecule has 1 aromatic heterocycles. The molecule has 1 aromatic carbocycles. The Kier molecular flexibility index (Phi) is 6.53. The maximum absolute atomic E-state index is 13.3. The number of carbonyl (C=O) groups is 2. The fourth-order valence-corrected chi connectivity index (χ4v) is 5.29. The predicted octanol–water partition coefficient (Wildman–Crippen LogP) is 3.36. The van der Waals surface area contributed by atoms with Crippen LogP contribution in [-0.4, -0.2) is 46.4 Å². The smallest absolute Gasteiger partial charge is 0.337 e. The van der Waals surface area contributed by atoms with Gasteiger partial charge in [-0.15, -0.1) is 0 Å². The fraction of sp³-hybridized carbons (Fsp3) is 0.545. The minimum Gasteiger partial charge on any atom is -0.465 e. The molecule has 0 N–H and O–H groups in total. The third-order valence-electron chi connectivity index (χ3n) is 5.75. The number of carbonyl (C=O) groups excluding carboxylic acids is 2. The average Bonchev–Trinajstić information content (AvgIpc) is 3.19. The molecule has 2 heterocycles. The van der Waals surface area contributed by atoms with Gasteiger partial charge in [0.2, 0.25) is 0 Å². The number of benzene rings is 1. The maximum atomic E-state index is 13.3. The summed E-state index contributed by atoms with van der Waals surface area (Å²) in [5.74, 6) is -0.255. The molecule has 0 spiro atoms. The van der Waals surface area contributed by atoms with Gasteiger partial charge in [0.15, 0.2) is 5.16 Å². The molecule has 0 unspecified atom stereocenters. The van der Waals surface area contributed by atoms with Crippen molar-refractivity contribution in [3.8, 4) is 0 Å². The lowest BCUT2D eigenvalue weighted by Crippen LogP contribution is -2.30. The van der Waals surface area contributed by atoms with Gasteiger partial charge < -0.3 is 9.47 Å². The number of hydrogen-bond donors (Lipinski definition) is 0. The molecular weight excluding hydrogens is 404 g/mol.